The van der Waals surface area contributed by atoms with Gasteiger partial charge in [0.15, 0.2) is 0 Å². The maximum atomic E-state index is 12.3. The first kappa shape index (κ1) is 101. The Bertz CT molecular complexity index is 4220. The fourth-order valence-corrected chi connectivity index (χ4v) is 25.2. The molecule has 12 aliphatic heterocycles. The normalized spacial score (nSPS) is 33.8. The molecule has 12 bridgehead atoms. The Hall–Kier alpha value is -7.67. The van der Waals surface area contributed by atoms with Crippen molar-refractivity contribution in [1.29, 1.82) is 0 Å². The Morgan fingerprint density at radius 3 is 1.17 bits per heavy atom. The second-order valence-electron chi connectivity index (χ2n) is 41.3. The Balaban J connectivity index is 0.000000141. The molecule has 17 fully saturated rings. The summed E-state index contributed by atoms with van der Waals surface area (Å²) in [6.07, 6.45) is 40.5. The lowest BCUT2D eigenvalue weighted by atomic mass is 9.68. The van der Waals surface area contributed by atoms with E-state index in [1.807, 2.05) is 13.8 Å². The molecule has 5 saturated carbocycles. The molecule has 1 N–H and O–H groups in total. The van der Waals surface area contributed by atoms with E-state index < -0.39 is 68.7 Å². The summed E-state index contributed by atoms with van der Waals surface area (Å²) in [6, 6.07) is 0. The van der Waals surface area contributed by atoms with Crippen LogP contribution in [-0.2, 0) is 133 Å². The Labute approximate surface area is 767 Å². The number of carbonyl (C=O) groups is 11. The number of carbonyl (C=O) groups excluding carboxylic acids is 11. The van der Waals surface area contributed by atoms with Gasteiger partial charge in [-0.05, 0) is 286 Å². The molecular formula is C101H146O29. The van der Waals surface area contributed by atoms with E-state index in [1.165, 1.54) is 41.1 Å². The summed E-state index contributed by atoms with van der Waals surface area (Å²) in [5.74, 6) is -2.86. The van der Waals surface area contributed by atoms with E-state index in [0.717, 1.165) is 250 Å². The fraction of sp³-hybridized carbons (Fsp3) is 0.772. The van der Waals surface area contributed by atoms with Crippen molar-refractivity contribution >= 4 is 65.7 Å². The second-order valence-corrected chi connectivity index (χ2v) is 41.3. The SMILES string of the molecule is C=C(C)C(=O)OC(C)(C)C1CC2(COC(C)=O)CCC1O2.C=C(C)C(=O)OC1(C2CC3(CO)CCC2O3)CCCC1.C=C(C)C(=O)OC1(C2CC3(COC(C)=O)CCC2O3)CCCC1.C=C(C)C(=O)OC1(C2CC3CCC2(COC(C)=O)O3)CCCC1.C=C(CC(=O)OC)C(=O)OC1(C2CC3CCC2O3)CCCC1.COC(=O)/C=C\C(=O)OC1(C2CC3CCC2O3)CCCC1. The number of ether oxygens (including phenoxy) is 17. The van der Waals surface area contributed by atoms with Crippen molar-refractivity contribution in [3.63, 3.8) is 0 Å². The van der Waals surface area contributed by atoms with Crippen molar-refractivity contribution in [3.8, 4) is 0 Å². The van der Waals surface area contributed by atoms with E-state index in [9.17, 15) is 57.8 Å². The minimum atomic E-state index is -0.626. The summed E-state index contributed by atoms with van der Waals surface area (Å²) >= 11 is 0. The van der Waals surface area contributed by atoms with Crippen LogP contribution in [0.25, 0.3) is 0 Å². The van der Waals surface area contributed by atoms with Gasteiger partial charge >= 0.3 is 65.7 Å². The maximum Gasteiger partial charge on any atom is 0.334 e. The van der Waals surface area contributed by atoms with Crippen molar-refractivity contribution in [2.75, 3.05) is 40.6 Å². The summed E-state index contributed by atoms with van der Waals surface area (Å²) in [5, 5.41) is 9.61. The van der Waals surface area contributed by atoms with Crippen LogP contribution in [0.4, 0.5) is 0 Å². The highest BCUT2D eigenvalue weighted by atomic mass is 16.6. The third-order valence-electron chi connectivity index (χ3n) is 31.6. The highest BCUT2D eigenvalue weighted by Crippen LogP contribution is 2.61. The maximum absolute atomic E-state index is 12.3. The monoisotopic (exact) mass is 1820 g/mol. The molecule has 12 saturated heterocycles. The van der Waals surface area contributed by atoms with Gasteiger partial charge in [0.2, 0.25) is 0 Å². The molecule has 12 heterocycles. The van der Waals surface area contributed by atoms with Crippen LogP contribution >= 0.6 is 0 Å². The largest absolute Gasteiger partial charge is 0.469 e. The van der Waals surface area contributed by atoms with E-state index in [-0.39, 0.29) is 145 Å². The summed E-state index contributed by atoms with van der Waals surface area (Å²) in [6.45, 7) is 34.0. The van der Waals surface area contributed by atoms with Gasteiger partial charge in [0.1, 0.15) is 70.2 Å². The molecule has 5 aliphatic carbocycles. The lowest BCUT2D eigenvalue weighted by Crippen LogP contribution is -2.53. The lowest BCUT2D eigenvalue weighted by molar-refractivity contribution is -0.178. The predicted molar refractivity (Wildman–Crippen MR) is 472 cm³/mol. The summed E-state index contributed by atoms with van der Waals surface area (Å²) in [7, 11) is 2.58. The molecule has 0 aromatic carbocycles. The molecule has 724 valence electrons. The van der Waals surface area contributed by atoms with Crippen molar-refractivity contribution in [1.82, 2.24) is 0 Å². The van der Waals surface area contributed by atoms with E-state index in [1.54, 1.807) is 27.7 Å². The molecule has 0 amide bonds. The number of hydrogen-bond acceptors (Lipinski definition) is 29. The van der Waals surface area contributed by atoms with Gasteiger partial charge in [-0.15, -0.1) is 0 Å². The third kappa shape index (κ3) is 23.1. The van der Waals surface area contributed by atoms with Crippen LogP contribution in [0.2, 0.25) is 0 Å². The summed E-state index contributed by atoms with van der Waals surface area (Å²) < 4.78 is 96.3. The van der Waals surface area contributed by atoms with Gasteiger partial charge in [-0.25, -0.2) is 33.6 Å². The van der Waals surface area contributed by atoms with Crippen molar-refractivity contribution in [2.24, 2.45) is 35.5 Å². The quantitative estimate of drug-likeness (QED) is 0.0432. The molecule has 18 unspecified atom stereocenters. The Morgan fingerprint density at radius 1 is 0.377 bits per heavy atom. The zero-order chi connectivity index (χ0) is 94.2. The topological polar surface area (TPSA) is 365 Å². The van der Waals surface area contributed by atoms with Crippen LogP contribution in [0.15, 0.2) is 72.9 Å². The van der Waals surface area contributed by atoms with E-state index in [4.69, 9.17) is 71.1 Å². The standard InChI is InChI=1S/2C18H26O5.C17H24O5.C16H22O5.C16H24O5.C16H24O4/c1-12(2)16(20)23-18(7-4-5-8-18)14-10-17(11-21-13(3)19)9-6-15(14)22-17;1-12(2)16(20)23-17(7-4-5-8-17)15-10-14-6-9-18(15,22-14)11-21-13(3)19;1-11(9-15(18)20-2)16(19)22-17(7-3-4-8-17)13-10-12-5-6-14(13)21-12;1-19-14(17)6-7-15(18)21-16(8-2-3-9-16)12-10-11-4-5-13(12)20-11;1-10(2)14(18)21-15(4,5)12-8-16(9-19-11(3)17)7-6-13(12)20-16;1-11(2)14(18)20-16(6-3-4-7-16)12-9-15(10-17)8-5-13(12)19-15/h2*14-15H,1,4-11H2,2-3H3;12-14H,1,3-10H2,2H3;6-7,11-13H,2-5,8-10H2,1H3;12-13H,1,6-9H2,2-5H3;12-13,17H,1,3-10H2,2H3/b;;;7-6-;;. The first-order valence-electron chi connectivity index (χ1n) is 48.1. The van der Waals surface area contributed by atoms with E-state index >= 15 is 0 Å². The average molecular weight is 1820 g/mol. The molecule has 29 heteroatoms. The van der Waals surface area contributed by atoms with Gasteiger partial charge in [-0.3, -0.25) is 19.2 Å². The van der Waals surface area contributed by atoms with E-state index in [0.29, 0.717) is 52.9 Å². The zero-order valence-corrected chi connectivity index (χ0v) is 79.1. The number of methoxy groups -OCH3 is 2. The highest BCUT2D eigenvalue weighted by molar-refractivity contribution is 5.94. The predicted octanol–water partition coefficient (Wildman–Crippen LogP) is 15.2. The summed E-state index contributed by atoms with van der Waals surface area (Å²) in [4.78, 5) is 128. The van der Waals surface area contributed by atoms with Crippen LogP contribution < -0.4 is 0 Å². The van der Waals surface area contributed by atoms with Crippen molar-refractivity contribution in [2.45, 2.75) is 418 Å². The number of aliphatic hydroxyl groups is 1. The van der Waals surface area contributed by atoms with Crippen molar-refractivity contribution < 1.29 is 138 Å². The fourth-order valence-electron chi connectivity index (χ4n) is 25.2. The molecular weight excluding hydrogens is 1680 g/mol. The van der Waals surface area contributed by atoms with Crippen molar-refractivity contribution in [3.05, 3.63) is 72.9 Å². The molecule has 0 radical (unpaired) electrons. The van der Waals surface area contributed by atoms with Crippen LogP contribution in [0.5, 0.6) is 0 Å². The minimum absolute atomic E-state index is 0.0495. The number of rotatable bonds is 28. The van der Waals surface area contributed by atoms with Gasteiger partial charge in [0.25, 0.3) is 0 Å². The summed E-state index contributed by atoms with van der Waals surface area (Å²) in [5.41, 5.74) is -2.53. The Morgan fingerprint density at radius 2 is 0.762 bits per heavy atom. The van der Waals surface area contributed by atoms with Gasteiger partial charge in [-0.1, -0.05) is 32.9 Å². The highest BCUT2D eigenvalue weighted by Gasteiger charge is 2.67. The molecule has 0 aromatic heterocycles. The van der Waals surface area contributed by atoms with Gasteiger partial charge in [0.05, 0.1) is 81.7 Å². The first-order valence-corrected chi connectivity index (χ1v) is 48.1. The number of hydrogen-bond donors (Lipinski definition) is 1. The van der Waals surface area contributed by atoms with Gasteiger partial charge in [0, 0.05) is 96.3 Å². The number of esters is 11. The average Bonchev–Trinajstić information content (AvgIpc) is 1.58. The van der Waals surface area contributed by atoms with E-state index in [2.05, 4.69) is 42.4 Å². The molecule has 130 heavy (non-hydrogen) atoms. The second kappa shape index (κ2) is 42.1. The van der Waals surface area contributed by atoms with Crippen LogP contribution in [-0.4, -0.2) is 216 Å². The zero-order valence-electron chi connectivity index (χ0n) is 79.1. The van der Waals surface area contributed by atoms with Gasteiger partial charge in [-0.2, -0.15) is 0 Å². The molecule has 17 rings (SSSR count). The minimum Gasteiger partial charge on any atom is -0.469 e. The van der Waals surface area contributed by atoms with Crippen LogP contribution in [0, 0.1) is 35.5 Å². The van der Waals surface area contributed by atoms with Gasteiger partial charge < -0.3 is 85.6 Å². The third-order valence-corrected chi connectivity index (χ3v) is 31.6. The smallest absolute Gasteiger partial charge is 0.334 e. The molecule has 18 atom stereocenters. The molecule has 0 spiro atoms. The lowest BCUT2D eigenvalue weighted by Gasteiger charge is -2.43. The van der Waals surface area contributed by atoms with Crippen LogP contribution in [0.1, 0.15) is 313 Å². The van der Waals surface area contributed by atoms with Crippen LogP contribution in [0.3, 0.4) is 0 Å². The Kier molecular flexibility index (Phi) is 32.8. The number of aliphatic hydroxyl groups excluding tert-OH is 1. The first-order chi connectivity index (χ1) is 61.5. The number of fused-ring (bicyclic) bond motifs is 12. The molecule has 17 aliphatic rings. The molecule has 29 nitrogen and oxygen atoms in total. The molecule has 0 aromatic rings.